The Labute approximate surface area is 288 Å². The number of thioether (sulfide) groups is 1. The summed E-state index contributed by atoms with van der Waals surface area (Å²) in [6.07, 6.45) is 1.60. The molecule has 0 aromatic heterocycles. The van der Waals surface area contributed by atoms with E-state index in [1.807, 2.05) is 81.7 Å². The molecule has 0 saturated carbocycles. The number of carbonyl (C=O) groups is 2. The number of hydrogen-bond acceptors (Lipinski definition) is 9. The molecule has 4 aliphatic rings. The van der Waals surface area contributed by atoms with Gasteiger partial charge in [-0.25, -0.2) is 0 Å². The number of aliphatic hydroxyl groups is 2. The maximum atomic E-state index is 13.9. The zero-order valence-electron chi connectivity index (χ0n) is 28.5. The van der Waals surface area contributed by atoms with E-state index in [0.717, 1.165) is 29.8 Å². The Kier molecular flexibility index (Phi) is 10.6. The molecule has 6 rings (SSSR count). The second-order valence-electron chi connectivity index (χ2n) is 14.8. The first kappa shape index (κ1) is 34.6. The zero-order valence-corrected chi connectivity index (χ0v) is 29.3. The highest BCUT2D eigenvalue weighted by Gasteiger charge is 2.40. The number of aliphatic imine (C=N–C) groups is 1. The molecule has 48 heavy (non-hydrogen) atoms. The van der Waals surface area contributed by atoms with Crippen molar-refractivity contribution in [2.75, 3.05) is 32.7 Å². The van der Waals surface area contributed by atoms with Gasteiger partial charge in [-0.1, -0.05) is 54.6 Å². The molecule has 3 heterocycles. The average Bonchev–Trinajstić information content (AvgIpc) is 3.71. The van der Waals surface area contributed by atoms with E-state index in [9.17, 15) is 19.8 Å². The van der Waals surface area contributed by atoms with Gasteiger partial charge in [-0.15, -0.1) is 11.8 Å². The number of hydrogen-bond donors (Lipinski definition) is 4. The molecule has 1 fully saturated rings. The van der Waals surface area contributed by atoms with E-state index in [1.165, 1.54) is 5.70 Å². The van der Waals surface area contributed by atoms with Crippen LogP contribution in [-0.2, 0) is 22.4 Å². The Bertz CT molecular complexity index is 1510. The van der Waals surface area contributed by atoms with Gasteiger partial charge in [0.25, 0.3) is 0 Å². The number of fused-ring (bicyclic) bond motifs is 2. The lowest BCUT2D eigenvalue weighted by atomic mass is 9.91. The summed E-state index contributed by atoms with van der Waals surface area (Å²) in [5.41, 5.74) is 3.80. The van der Waals surface area contributed by atoms with Crippen LogP contribution in [-0.4, -0.2) is 111 Å². The molecule has 4 N–H and O–H groups in total. The standard InChI is InChI=1S/C37H50N6O4S/c1-24-22-48-36-30(38-23-43(24)36)20-41-14-15-42(31(21-41)35(47)40-37(2,3)4)19-28(44)17-27(16-25-10-6-5-7-11-25)34(46)39-33-29-13-9-8-12-26(29)18-32(33)45/h5-13,22-23,27-28,30-33,36,44-45H,14-21H2,1-4H3,(H,39,46)(H,40,47)/t27-,28+,30?,31+,32-,33?,36?/m1/s1. The molecule has 2 amide bonds. The zero-order chi connectivity index (χ0) is 34.0. The van der Waals surface area contributed by atoms with Crippen LogP contribution in [0.25, 0.3) is 0 Å². The lowest BCUT2D eigenvalue weighted by molar-refractivity contribution is -0.132. The van der Waals surface area contributed by atoms with Crippen molar-refractivity contribution in [3.8, 4) is 0 Å². The van der Waals surface area contributed by atoms with Gasteiger partial charge in [0.05, 0.1) is 30.6 Å². The molecule has 7 atom stereocenters. The Hall–Kier alpha value is -3.22. The third-order valence-electron chi connectivity index (χ3n) is 9.79. The first-order chi connectivity index (χ1) is 22.9. The van der Waals surface area contributed by atoms with Crippen LogP contribution >= 0.6 is 11.8 Å². The number of nitrogens with zero attached hydrogens (tertiary/aromatic N) is 4. The Morgan fingerprint density at radius 3 is 2.60 bits per heavy atom. The van der Waals surface area contributed by atoms with Crippen molar-refractivity contribution in [3.63, 3.8) is 0 Å². The van der Waals surface area contributed by atoms with Crippen molar-refractivity contribution in [1.82, 2.24) is 25.3 Å². The first-order valence-electron chi connectivity index (χ1n) is 17.2. The quantitative estimate of drug-likeness (QED) is 0.288. The van der Waals surface area contributed by atoms with E-state index in [0.29, 0.717) is 25.9 Å². The summed E-state index contributed by atoms with van der Waals surface area (Å²) in [4.78, 5) is 39.0. The van der Waals surface area contributed by atoms with Gasteiger partial charge < -0.3 is 25.7 Å². The molecule has 258 valence electrons. The SMILES string of the molecule is CC1=CSC2C(CN3CCN(C[C@@H](O)C[C@@H](Cc4ccccc4)C(=O)NC4c5ccccc5C[C@H]4O)[C@H](C(=O)NC(C)(C)C)C3)N=CN12. The van der Waals surface area contributed by atoms with Crippen molar-refractivity contribution < 1.29 is 19.8 Å². The van der Waals surface area contributed by atoms with Crippen molar-refractivity contribution in [2.45, 2.75) is 88.2 Å². The van der Waals surface area contributed by atoms with Gasteiger partial charge in [0.2, 0.25) is 11.8 Å². The second-order valence-corrected chi connectivity index (χ2v) is 15.8. The van der Waals surface area contributed by atoms with Gasteiger partial charge in [0, 0.05) is 56.3 Å². The molecule has 10 nitrogen and oxygen atoms in total. The molecule has 3 unspecified atom stereocenters. The van der Waals surface area contributed by atoms with Gasteiger partial charge in [-0.3, -0.25) is 24.4 Å². The lowest BCUT2D eigenvalue weighted by Gasteiger charge is -2.43. The number of allylic oxidation sites excluding steroid dienone is 1. The van der Waals surface area contributed by atoms with Gasteiger partial charge in [-0.2, -0.15) is 0 Å². The topological polar surface area (TPSA) is 121 Å². The number of benzene rings is 2. The summed E-state index contributed by atoms with van der Waals surface area (Å²) >= 11 is 1.80. The Morgan fingerprint density at radius 2 is 1.83 bits per heavy atom. The average molecular weight is 675 g/mol. The van der Waals surface area contributed by atoms with E-state index >= 15 is 0 Å². The first-order valence-corrected chi connectivity index (χ1v) is 18.1. The molecule has 1 aliphatic carbocycles. The lowest BCUT2D eigenvalue weighted by Crippen LogP contribution is -2.62. The van der Waals surface area contributed by atoms with Crippen molar-refractivity contribution in [3.05, 3.63) is 82.4 Å². The molecule has 1 saturated heterocycles. The monoisotopic (exact) mass is 674 g/mol. The highest BCUT2D eigenvalue weighted by atomic mass is 32.2. The normalized spacial score (nSPS) is 26.9. The van der Waals surface area contributed by atoms with E-state index in [-0.39, 0.29) is 36.2 Å². The summed E-state index contributed by atoms with van der Waals surface area (Å²) < 4.78 is 0. The summed E-state index contributed by atoms with van der Waals surface area (Å²) in [6, 6.07) is 16.8. The molecule has 2 aromatic rings. The van der Waals surface area contributed by atoms with E-state index < -0.39 is 35.7 Å². The van der Waals surface area contributed by atoms with Crippen molar-refractivity contribution >= 4 is 29.9 Å². The predicted molar refractivity (Wildman–Crippen MR) is 190 cm³/mol. The molecule has 0 bridgehead atoms. The molecule has 2 aromatic carbocycles. The van der Waals surface area contributed by atoms with E-state index in [2.05, 4.69) is 37.7 Å². The predicted octanol–water partition coefficient (Wildman–Crippen LogP) is 2.92. The highest BCUT2D eigenvalue weighted by Crippen LogP contribution is 2.36. The summed E-state index contributed by atoms with van der Waals surface area (Å²) in [7, 11) is 0. The molecule has 0 spiro atoms. The molecule has 11 heteroatoms. The number of carbonyl (C=O) groups excluding carboxylic acids is 2. The van der Waals surface area contributed by atoms with Gasteiger partial charge in [0.1, 0.15) is 11.4 Å². The Morgan fingerprint density at radius 1 is 1.08 bits per heavy atom. The fourth-order valence-corrected chi connectivity index (χ4v) is 8.55. The summed E-state index contributed by atoms with van der Waals surface area (Å²) in [5, 5.41) is 31.1. The minimum Gasteiger partial charge on any atom is -0.392 e. The number of nitrogens with one attached hydrogen (secondary N) is 2. The van der Waals surface area contributed by atoms with Gasteiger partial charge >= 0.3 is 0 Å². The number of amides is 2. The van der Waals surface area contributed by atoms with Crippen LogP contribution in [0.3, 0.4) is 0 Å². The maximum absolute atomic E-state index is 13.9. The van der Waals surface area contributed by atoms with Gasteiger partial charge in [0.15, 0.2) is 0 Å². The van der Waals surface area contributed by atoms with Crippen LogP contribution in [0.2, 0.25) is 0 Å². The second kappa shape index (κ2) is 14.7. The van der Waals surface area contributed by atoms with Crippen LogP contribution in [0.4, 0.5) is 0 Å². The largest absolute Gasteiger partial charge is 0.392 e. The molecular weight excluding hydrogens is 625 g/mol. The highest BCUT2D eigenvalue weighted by molar-refractivity contribution is 8.03. The van der Waals surface area contributed by atoms with Crippen LogP contribution in [0.5, 0.6) is 0 Å². The van der Waals surface area contributed by atoms with Crippen molar-refractivity contribution in [2.24, 2.45) is 10.9 Å². The fourth-order valence-electron chi connectivity index (χ4n) is 7.40. The van der Waals surface area contributed by atoms with Gasteiger partial charge in [-0.05, 0) is 62.6 Å². The molecule has 0 radical (unpaired) electrons. The van der Waals surface area contributed by atoms with Crippen LogP contribution in [0.1, 0.15) is 56.8 Å². The minimum absolute atomic E-state index is 0.0591. The summed E-state index contributed by atoms with van der Waals surface area (Å²) in [5.74, 6) is -0.767. The molecular formula is C37H50N6O4S. The van der Waals surface area contributed by atoms with E-state index in [4.69, 9.17) is 4.99 Å². The number of rotatable bonds is 11. The number of β-amino-alcohol motifs (C(OH)–C–C–N with tert-alkyl or cyclic N) is 1. The number of piperazine rings is 1. The fraction of sp³-hybridized carbons (Fsp3) is 0.541. The maximum Gasteiger partial charge on any atom is 0.239 e. The Balaban J connectivity index is 1.13. The van der Waals surface area contributed by atoms with Crippen molar-refractivity contribution in [1.29, 1.82) is 0 Å². The van der Waals surface area contributed by atoms with Crippen LogP contribution < -0.4 is 10.6 Å². The van der Waals surface area contributed by atoms with Crippen LogP contribution in [0.15, 0.2) is 70.7 Å². The van der Waals surface area contributed by atoms with Crippen LogP contribution in [0, 0.1) is 5.92 Å². The summed E-state index contributed by atoms with van der Waals surface area (Å²) in [6.45, 7) is 11.0. The third-order valence-corrected chi connectivity index (χ3v) is 11.1. The molecule has 3 aliphatic heterocycles. The third kappa shape index (κ3) is 8.14. The minimum atomic E-state index is -0.835. The van der Waals surface area contributed by atoms with E-state index in [1.54, 1.807) is 11.8 Å². The number of aliphatic hydroxyl groups excluding tert-OH is 2. The smallest absolute Gasteiger partial charge is 0.239 e.